The number of benzene rings is 1. The van der Waals surface area contributed by atoms with Crippen LogP contribution in [-0.4, -0.2) is 16.9 Å². The van der Waals surface area contributed by atoms with Crippen molar-refractivity contribution in [3.8, 4) is 0 Å². The molecule has 0 fully saturated rings. The number of hydrogen-bond donors (Lipinski definition) is 3. The quantitative estimate of drug-likeness (QED) is 0.484. The highest BCUT2D eigenvalue weighted by molar-refractivity contribution is 5.96. The number of rotatable bonds is 1. The Bertz CT molecular complexity index is 369. The molecule has 0 aromatic heterocycles. The van der Waals surface area contributed by atoms with E-state index >= 15 is 0 Å². The van der Waals surface area contributed by atoms with Crippen molar-refractivity contribution in [3.05, 3.63) is 34.9 Å². The number of hydrogen-bond acceptors (Lipinski definition) is 2. The van der Waals surface area contributed by atoms with E-state index in [1.54, 1.807) is 0 Å². The number of nitrogens with two attached hydrogens (primary N) is 1. The number of carbonyl (C=O) groups is 1. The smallest absolute Gasteiger partial charge is 0.300 e. The highest BCUT2D eigenvalue weighted by atomic mass is 16.4. The summed E-state index contributed by atoms with van der Waals surface area (Å²) in [5, 5.41) is 14.7. The molecule has 0 spiro atoms. The fraction of sp³-hybridized carbons (Fsp3) is 0.273. The number of carboxylic acid groups (broad SMARTS) is 1. The molecule has 0 aliphatic carbocycles. The maximum Gasteiger partial charge on any atom is 0.300 e. The SMILES string of the molecule is CC(=O)O.Cc1cccc(C(=N)N)c1C. The lowest BCUT2D eigenvalue weighted by Crippen LogP contribution is -2.12. The van der Waals surface area contributed by atoms with Gasteiger partial charge in [0.2, 0.25) is 0 Å². The summed E-state index contributed by atoms with van der Waals surface area (Å²) < 4.78 is 0. The van der Waals surface area contributed by atoms with E-state index in [-0.39, 0.29) is 5.84 Å². The first-order valence-electron chi connectivity index (χ1n) is 4.46. The Labute approximate surface area is 89.2 Å². The summed E-state index contributed by atoms with van der Waals surface area (Å²) in [6, 6.07) is 5.80. The number of nitrogen functional groups attached to an aromatic ring is 1. The minimum absolute atomic E-state index is 0.145. The summed E-state index contributed by atoms with van der Waals surface area (Å²) in [7, 11) is 0. The lowest BCUT2D eigenvalue weighted by Gasteiger charge is -2.05. The van der Waals surface area contributed by atoms with Crippen molar-refractivity contribution in [1.29, 1.82) is 5.41 Å². The number of nitrogens with one attached hydrogen (secondary N) is 1. The third kappa shape index (κ3) is 4.81. The summed E-state index contributed by atoms with van der Waals surface area (Å²) in [6.07, 6.45) is 0. The summed E-state index contributed by atoms with van der Waals surface area (Å²) in [4.78, 5) is 9.00. The molecule has 0 amide bonds. The number of carboxylic acids is 1. The van der Waals surface area contributed by atoms with Gasteiger partial charge in [-0.3, -0.25) is 10.2 Å². The highest BCUT2D eigenvalue weighted by Gasteiger charge is 2.01. The van der Waals surface area contributed by atoms with Gasteiger partial charge in [0.05, 0.1) is 0 Å². The van der Waals surface area contributed by atoms with Crippen LogP contribution in [0.15, 0.2) is 18.2 Å². The first-order chi connectivity index (χ1) is 6.86. The Balaban J connectivity index is 0.000000423. The molecule has 1 rings (SSSR count). The van der Waals surface area contributed by atoms with Crippen molar-refractivity contribution in [1.82, 2.24) is 0 Å². The van der Waals surface area contributed by atoms with Gasteiger partial charge in [-0.25, -0.2) is 0 Å². The van der Waals surface area contributed by atoms with E-state index in [4.69, 9.17) is 21.0 Å². The lowest BCUT2D eigenvalue weighted by molar-refractivity contribution is -0.134. The van der Waals surface area contributed by atoms with Crippen LogP contribution in [-0.2, 0) is 4.79 Å². The summed E-state index contributed by atoms with van der Waals surface area (Å²) in [5.74, 6) is -0.689. The monoisotopic (exact) mass is 208 g/mol. The molecule has 0 unspecified atom stereocenters. The second-order valence-corrected chi connectivity index (χ2v) is 3.18. The van der Waals surface area contributed by atoms with Gasteiger partial charge < -0.3 is 10.8 Å². The molecule has 0 heterocycles. The zero-order valence-electron chi connectivity index (χ0n) is 9.16. The molecule has 4 N–H and O–H groups in total. The fourth-order valence-electron chi connectivity index (χ4n) is 1.04. The van der Waals surface area contributed by atoms with Gasteiger partial charge in [-0.1, -0.05) is 18.2 Å². The van der Waals surface area contributed by atoms with Crippen LogP contribution in [0, 0.1) is 19.3 Å². The van der Waals surface area contributed by atoms with Crippen molar-refractivity contribution in [2.45, 2.75) is 20.8 Å². The van der Waals surface area contributed by atoms with Gasteiger partial charge in [-0.05, 0) is 25.0 Å². The van der Waals surface area contributed by atoms with Gasteiger partial charge in [0.25, 0.3) is 5.97 Å². The second-order valence-electron chi connectivity index (χ2n) is 3.18. The first-order valence-corrected chi connectivity index (χ1v) is 4.46. The molecule has 4 heteroatoms. The van der Waals surface area contributed by atoms with Crippen LogP contribution in [0.1, 0.15) is 23.6 Å². The largest absolute Gasteiger partial charge is 0.481 e. The van der Waals surface area contributed by atoms with Crippen molar-refractivity contribution >= 4 is 11.8 Å². The third-order valence-electron chi connectivity index (χ3n) is 1.89. The van der Waals surface area contributed by atoms with Crippen LogP contribution in [0.2, 0.25) is 0 Å². The maximum atomic E-state index is 9.00. The van der Waals surface area contributed by atoms with E-state index in [9.17, 15) is 0 Å². The van der Waals surface area contributed by atoms with Gasteiger partial charge >= 0.3 is 0 Å². The second kappa shape index (κ2) is 5.80. The molecular formula is C11H16N2O2. The Morgan fingerprint density at radius 3 is 2.20 bits per heavy atom. The molecule has 0 atom stereocenters. The third-order valence-corrected chi connectivity index (χ3v) is 1.89. The zero-order chi connectivity index (χ0) is 12.0. The molecule has 0 bridgehead atoms. The van der Waals surface area contributed by atoms with Crippen molar-refractivity contribution in [3.63, 3.8) is 0 Å². The van der Waals surface area contributed by atoms with Crippen LogP contribution in [0.5, 0.6) is 0 Å². The molecule has 1 aromatic carbocycles. The van der Waals surface area contributed by atoms with E-state index in [0.717, 1.165) is 18.1 Å². The fourth-order valence-corrected chi connectivity index (χ4v) is 1.04. The summed E-state index contributed by atoms with van der Waals surface area (Å²) in [5.41, 5.74) is 8.48. The minimum Gasteiger partial charge on any atom is -0.481 e. The highest BCUT2D eigenvalue weighted by Crippen LogP contribution is 2.11. The molecule has 82 valence electrons. The predicted molar refractivity (Wildman–Crippen MR) is 60.2 cm³/mol. The van der Waals surface area contributed by atoms with Crippen molar-refractivity contribution < 1.29 is 9.90 Å². The van der Waals surface area contributed by atoms with Crippen molar-refractivity contribution in [2.24, 2.45) is 5.73 Å². The van der Waals surface area contributed by atoms with E-state index in [1.165, 1.54) is 5.56 Å². The van der Waals surface area contributed by atoms with Gasteiger partial charge in [-0.15, -0.1) is 0 Å². The zero-order valence-corrected chi connectivity index (χ0v) is 9.16. The van der Waals surface area contributed by atoms with Crippen LogP contribution < -0.4 is 5.73 Å². The van der Waals surface area contributed by atoms with Gasteiger partial charge in [0.1, 0.15) is 5.84 Å². The van der Waals surface area contributed by atoms with Crippen LogP contribution in [0.3, 0.4) is 0 Å². The standard InChI is InChI=1S/C9H12N2.C2H4O2/c1-6-4-3-5-8(7(6)2)9(10)11;1-2(3)4/h3-5H,1-2H3,(H3,10,11);1H3,(H,3,4). The number of aryl methyl sites for hydroxylation is 1. The summed E-state index contributed by atoms with van der Waals surface area (Å²) in [6.45, 7) is 5.08. The maximum absolute atomic E-state index is 9.00. The van der Waals surface area contributed by atoms with Crippen LogP contribution in [0.4, 0.5) is 0 Å². The average molecular weight is 208 g/mol. The number of amidine groups is 1. The Morgan fingerprint density at radius 2 is 1.87 bits per heavy atom. The van der Waals surface area contributed by atoms with E-state index in [0.29, 0.717) is 0 Å². The molecule has 0 radical (unpaired) electrons. The Kier molecular flexibility index (Phi) is 5.09. The molecule has 0 aliphatic heterocycles. The molecule has 0 saturated carbocycles. The average Bonchev–Trinajstić information content (AvgIpc) is 2.08. The number of aliphatic carboxylic acids is 1. The first kappa shape index (κ1) is 13.2. The Morgan fingerprint density at radius 1 is 1.40 bits per heavy atom. The molecule has 1 aromatic rings. The van der Waals surface area contributed by atoms with E-state index < -0.39 is 5.97 Å². The lowest BCUT2D eigenvalue weighted by atomic mass is 10.0. The molecule has 15 heavy (non-hydrogen) atoms. The van der Waals surface area contributed by atoms with Gasteiger partial charge in [0.15, 0.2) is 0 Å². The molecule has 0 aliphatic rings. The van der Waals surface area contributed by atoms with Crippen LogP contribution in [0.25, 0.3) is 0 Å². The molecular weight excluding hydrogens is 192 g/mol. The van der Waals surface area contributed by atoms with Crippen LogP contribution >= 0.6 is 0 Å². The Hall–Kier alpha value is -1.84. The topological polar surface area (TPSA) is 87.2 Å². The van der Waals surface area contributed by atoms with Gasteiger partial charge in [-0.2, -0.15) is 0 Å². The molecule has 0 saturated heterocycles. The van der Waals surface area contributed by atoms with E-state index in [2.05, 4.69) is 0 Å². The van der Waals surface area contributed by atoms with E-state index in [1.807, 2.05) is 32.0 Å². The summed E-state index contributed by atoms with van der Waals surface area (Å²) >= 11 is 0. The minimum atomic E-state index is -0.833. The van der Waals surface area contributed by atoms with Crippen molar-refractivity contribution in [2.75, 3.05) is 0 Å². The van der Waals surface area contributed by atoms with Gasteiger partial charge in [0, 0.05) is 12.5 Å². The molecule has 4 nitrogen and oxygen atoms in total. The normalized spacial score (nSPS) is 8.73. The predicted octanol–water partition coefficient (Wildman–Crippen LogP) is 1.68.